The van der Waals surface area contributed by atoms with Crippen molar-refractivity contribution in [3.8, 4) is 0 Å². The van der Waals surface area contributed by atoms with Gasteiger partial charge >= 0.3 is 0 Å². The number of carbonyl (C=O) groups is 1. The highest BCUT2D eigenvalue weighted by Crippen LogP contribution is 2.14. The third-order valence-corrected chi connectivity index (χ3v) is 4.68. The van der Waals surface area contributed by atoms with E-state index in [4.69, 9.17) is 0 Å². The van der Waals surface area contributed by atoms with E-state index in [1.165, 1.54) is 0 Å². The van der Waals surface area contributed by atoms with Crippen LogP contribution in [0.25, 0.3) is 0 Å². The van der Waals surface area contributed by atoms with Crippen LogP contribution in [0.4, 0.5) is 5.95 Å². The SMILES string of the molecule is Cc1cc(C(=O)N(C)CCc2ccncc2)nc(N2CCN(C)CC2)n1. The molecule has 0 saturated carbocycles. The summed E-state index contributed by atoms with van der Waals surface area (Å²) >= 11 is 0. The monoisotopic (exact) mass is 354 g/mol. The van der Waals surface area contributed by atoms with Crippen LogP contribution >= 0.6 is 0 Å². The van der Waals surface area contributed by atoms with Crippen LogP contribution < -0.4 is 4.90 Å². The van der Waals surface area contributed by atoms with Crippen LogP contribution in [0.15, 0.2) is 30.6 Å². The van der Waals surface area contributed by atoms with Crippen LogP contribution in [0.1, 0.15) is 21.7 Å². The Morgan fingerprint density at radius 3 is 2.54 bits per heavy atom. The maximum Gasteiger partial charge on any atom is 0.272 e. The number of rotatable bonds is 5. The van der Waals surface area contributed by atoms with E-state index in [9.17, 15) is 4.79 Å². The van der Waals surface area contributed by atoms with Gasteiger partial charge in [-0.3, -0.25) is 9.78 Å². The van der Waals surface area contributed by atoms with E-state index in [0.29, 0.717) is 18.2 Å². The first-order chi connectivity index (χ1) is 12.5. The van der Waals surface area contributed by atoms with E-state index in [2.05, 4.69) is 31.8 Å². The van der Waals surface area contributed by atoms with Gasteiger partial charge in [-0.1, -0.05) is 0 Å². The molecule has 2 aromatic rings. The average Bonchev–Trinajstić information content (AvgIpc) is 2.66. The van der Waals surface area contributed by atoms with Gasteiger partial charge in [0.15, 0.2) is 0 Å². The predicted molar refractivity (Wildman–Crippen MR) is 101 cm³/mol. The molecule has 0 aromatic carbocycles. The predicted octanol–water partition coefficient (Wildman–Crippen LogP) is 1.25. The lowest BCUT2D eigenvalue weighted by Gasteiger charge is -2.32. The molecule has 1 amide bonds. The molecule has 1 aliphatic heterocycles. The minimum Gasteiger partial charge on any atom is -0.340 e. The fraction of sp³-hybridized carbons (Fsp3) is 0.474. The standard InChI is InChI=1S/C19H26N6O/c1-15-14-17(22-19(21-15)25-12-10-23(2)11-13-25)18(26)24(3)9-6-16-4-7-20-8-5-16/h4-5,7-8,14H,6,9-13H2,1-3H3. The lowest BCUT2D eigenvalue weighted by molar-refractivity contribution is 0.0790. The first-order valence-electron chi connectivity index (χ1n) is 8.96. The molecule has 0 unspecified atom stereocenters. The second-order valence-electron chi connectivity index (χ2n) is 6.82. The summed E-state index contributed by atoms with van der Waals surface area (Å²) in [6, 6.07) is 5.71. The van der Waals surface area contributed by atoms with Gasteiger partial charge in [0.25, 0.3) is 5.91 Å². The van der Waals surface area contributed by atoms with Crippen LogP contribution in [0, 0.1) is 6.92 Å². The molecule has 3 heterocycles. The Balaban J connectivity index is 1.68. The summed E-state index contributed by atoms with van der Waals surface area (Å²) in [5.74, 6) is 0.587. The van der Waals surface area contributed by atoms with Gasteiger partial charge in [-0.05, 0) is 44.2 Å². The molecule has 1 fully saturated rings. The summed E-state index contributed by atoms with van der Waals surface area (Å²) in [7, 11) is 3.93. The molecule has 7 heteroatoms. The van der Waals surface area contributed by atoms with Gasteiger partial charge in [-0.15, -0.1) is 0 Å². The molecule has 0 bridgehead atoms. The number of likely N-dealkylation sites (N-methyl/N-ethyl adjacent to an activating group) is 2. The average molecular weight is 354 g/mol. The van der Waals surface area contributed by atoms with Crippen molar-refractivity contribution in [2.45, 2.75) is 13.3 Å². The Morgan fingerprint density at radius 1 is 1.15 bits per heavy atom. The minimum atomic E-state index is -0.0695. The number of piperazine rings is 1. The van der Waals surface area contributed by atoms with Crippen molar-refractivity contribution >= 4 is 11.9 Å². The van der Waals surface area contributed by atoms with Crippen LogP contribution in [-0.4, -0.2) is 77.5 Å². The van der Waals surface area contributed by atoms with E-state index < -0.39 is 0 Å². The zero-order valence-electron chi connectivity index (χ0n) is 15.7. The van der Waals surface area contributed by atoms with Gasteiger partial charge < -0.3 is 14.7 Å². The number of amides is 1. The van der Waals surface area contributed by atoms with Crippen LogP contribution in [-0.2, 0) is 6.42 Å². The Bertz CT molecular complexity index is 743. The summed E-state index contributed by atoms with van der Waals surface area (Å²) in [6.45, 7) is 6.26. The molecule has 7 nitrogen and oxygen atoms in total. The third kappa shape index (κ3) is 4.54. The Labute approximate surface area is 154 Å². The summed E-state index contributed by atoms with van der Waals surface area (Å²) in [6.07, 6.45) is 4.33. The summed E-state index contributed by atoms with van der Waals surface area (Å²) in [4.78, 5) is 32.1. The van der Waals surface area contributed by atoms with Gasteiger partial charge in [0.1, 0.15) is 5.69 Å². The molecule has 1 aliphatic rings. The zero-order chi connectivity index (χ0) is 18.5. The first kappa shape index (κ1) is 18.3. The highest BCUT2D eigenvalue weighted by Gasteiger charge is 2.20. The Morgan fingerprint density at radius 2 is 1.85 bits per heavy atom. The number of pyridine rings is 1. The van der Waals surface area contributed by atoms with Gasteiger partial charge in [-0.25, -0.2) is 9.97 Å². The first-order valence-corrected chi connectivity index (χ1v) is 8.96. The molecular weight excluding hydrogens is 328 g/mol. The van der Waals surface area contributed by atoms with Crippen molar-refractivity contribution < 1.29 is 4.79 Å². The Kier molecular flexibility index (Phi) is 5.78. The van der Waals surface area contributed by atoms with Gasteiger partial charge in [0.2, 0.25) is 5.95 Å². The number of hydrogen-bond donors (Lipinski definition) is 0. The van der Waals surface area contributed by atoms with Gasteiger partial charge in [0.05, 0.1) is 0 Å². The molecule has 3 rings (SSSR count). The van der Waals surface area contributed by atoms with Gasteiger partial charge in [0, 0.05) is 57.9 Å². The second-order valence-corrected chi connectivity index (χ2v) is 6.82. The normalized spacial score (nSPS) is 15.1. The molecular formula is C19H26N6O. The minimum absolute atomic E-state index is 0.0695. The zero-order valence-corrected chi connectivity index (χ0v) is 15.7. The van der Waals surface area contributed by atoms with Crippen molar-refractivity contribution in [3.05, 3.63) is 47.5 Å². The third-order valence-electron chi connectivity index (χ3n) is 4.68. The molecule has 0 N–H and O–H groups in total. The molecule has 0 radical (unpaired) electrons. The summed E-state index contributed by atoms with van der Waals surface area (Å²) in [5, 5.41) is 0. The maximum absolute atomic E-state index is 12.8. The van der Waals surface area contributed by atoms with Crippen molar-refractivity contribution in [2.75, 3.05) is 51.7 Å². The number of hydrogen-bond acceptors (Lipinski definition) is 6. The maximum atomic E-state index is 12.8. The lowest BCUT2D eigenvalue weighted by Crippen LogP contribution is -2.45. The highest BCUT2D eigenvalue weighted by molar-refractivity contribution is 5.92. The van der Waals surface area contributed by atoms with E-state index in [1.54, 1.807) is 23.4 Å². The quantitative estimate of drug-likeness (QED) is 0.805. The summed E-state index contributed by atoms with van der Waals surface area (Å²) < 4.78 is 0. The topological polar surface area (TPSA) is 65.5 Å². The van der Waals surface area contributed by atoms with Crippen molar-refractivity contribution in [1.29, 1.82) is 0 Å². The van der Waals surface area contributed by atoms with Crippen LogP contribution in [0.5, 0.6) is 0 Å². The van der Waals surface area contributed by atoms with E-state index in [0.717, 1.165) is 43.9 Å². The fourth-order valence-electron chi connectivity index (χ4n) is 2.95. The molecule has 1 saturated heterocycles. The van der Waals surface area contributed by atoms with Crippen LogP contribution in [0.2, 0.25) is 0 Å². The smallest absolute Gasteiger partial charge is 0.272 e. The van der Waals surface area contributed by atoms with Crippen molar-refractivity contribution in [1.82, 2.24) is 24.8 Å². The molecule has 0 aliphatic carbocycles. The Hall–Kier alpha value is -2.54. The van der Waals surface area contributed by atoms with E-state index >= 15 is 0 Å². The number of anilines is 1. The second kappa shape index (κ2) is 8.23. The fourth-order valence-corrected chi connectivity index (χ4v) is 2.95. The van der Waals surface area contributed by atoms with E-state index in [-0.39, 0.29) is 5.91 Å². The highest BCUT2D eigenvalue weighted by atomic mass is 16.2. The lowest BCUT2D eigenvalue weighted by atomic mass is 10.2. The molecule has 26 heavy (non-hydrogen) atoms. The number of aryl methyl sites for hydroxylation is 1. The summed E-state index contributed by atoms with van der Waals surface area (Å²) in [5.41, 5.74) is 2.44. The molecule has 138 valence electrons. The van der Waals surface area contributed by atoms with Gasteiger partial charge in [-0.2, -0.15) is 0 Å². The number of aromatic nitrogens is 3. The number of carbonyl (C=O) groups excluding carboxylic acids is 1. The van der Waals surface area contributed by atoms with Crippen LogP contribution in [0.3, 0.4) is 0 Å². The van der Waals surface area contributed by atoms with Crippen molar-refractivity contribution in [3.63, 3.8) is 0 Å². The molecule has 0 atom stereocenters. The van der Waals surface area contributed by atoms with E-state index in [1.807, 2.05) is 26.1 Å². The molecule has 2 aromatic heterocycles. The van der Waals surface area contributed by atoms with Crippen molar-refractivity contribution in [2.24, 2.45) is 0 Å². The number of nitrogens with zero attached hydrogens (tertiary/aromatic N) is 6. The largest absolute Gasteiger partial charge is 0.340 e. The molecule has 0 spiro atoms.